The molecule has 1 aromatic carbocycles. The maximum Gasteiger partial charge on any atom is 0.268 e. The summed E-state index contributed by atoms with van der Waals surface area (Å²) in [5, 5.41) is 1.88. The Hall–Kier alpha value is -1.79. The molecule has 0 aliphatic rings. The summed E-state index contributed by atoms with van der Waals surface area (Å²) >= 11 is 2.99. The number of para-hydroxylation sites is 1. The highest BCUT2D eigenvalue weighted by atomic mass is 32.2. The minimum Gasteiger partial charge on any atom is -0.398 e. The van der Waals surface area contributed by atoms with E-state index in [0.717, 1.165) is 21.7 Å². The van der Waals surface area contributed by atoms with Gasteiger partial charge >= 0.3 is 0 Å². The molecule has 6 heteroatoms. The lowest BCUT2D eigenvalue weighted by Gasteiger charge is -2.07. The molecule has 0 saturated heterocycles. The van der Waals surface area contributed by atoms with Crippen molar-refractivity contribution in [3.05, 3.63) is 51.4 Å². The van der Waals surface area contributed by atoms with Gasteiger partial charge in [0, 0.05) is 10.6 Å². The van der Waals surface area contributed by atoms with Gasteiger partial charge in [-0.1, -0.05) is 12.1 Å². The number of nitrogen functional groups attached to an aromatic ring is 1. The molecule has 0 amide bonds. The highest BCUT2D eigenvalue weighted by Gasteiger charge is 2.07. The molecule has 3 rings (SSSR count). The van der Waals surface area contributed by atoms with Crippen LogP contribution in [0.3, 0.4) is 0 Å². The van der Waals surface area contributed by atoms with E-state index in [4.69, 9.17) is 5.73 Å². The Morgan fingerprint density at radius 1 is 1.40 bits per heavy atom. The van der Waals surface area contributed by atoms with Gasteiger partial charge in [0.1, 0.15) is 10.5 Å². The van der Waals surface area contributed by atoms with Crippen LogP contribution in [0.25, 0.3) is 10.2 Å². The van der Waals surface area contributed by atoms with E-state index in [2.05, 4.69) is 9.97 Å². The molecule has 0 saturated carbocycles. The first-order valence-electron chi connectivity index (χ1n) is 6.09. The van der Waals surface area contributed by atoms with Crippen molar-refractivity contribution in [3.8, 4) is 0 Å². The lowest BCUT2D eigenvalue weighted by Crippen LogP contribution is -2.09. The Labute approximate surface area is 124 Å². The fraction of sp³-hybridized carbons (Fsp3) is 0.143. The SMILES string of the molecule is Cc1cccc(SCc2nc3ccsc3c(=O)[nH]2)c1N. The summed E-state index contributed by atoms with van der Waals surface area (Å²) in [5.74, 6) is 1.26. The Kier molecular flexibility index (Phi) is 3.50. The molecule has 0 fully saturated rings. The van der Waals surface area contributed by atoms with Gasteiger partial charge in [-0.2, -0.15) is 0 Å². The van der Waals surface area contributed by atoms with Gasteiger partial charge in [-0.3, -0.25) is 4.79 Å². The first-order chi connectivity index (χ1) is 9.65. The van der Waals surface area contributed by atoms with Gasteiger partial charge < -0.3 is 10.7 Å². The Morgan fingerprint density at radius 3 is 3.10 bits per heavy atom. The Morgan fingerprint density at radius 2 is 2.25 bits per heavy atom. The number of aryl methyl sites for hydroxylation is 1. The maximum absolute atomic E-state index is 11.9. The fourth-order valence-electron chi connectivity index (χ4n) is 1.92. The second-order valence-corrected chi connectivity index (χ2v) is 6.36. The summed E-state index contributed by atoms with van der Waals surface area (Å²) in [7, 11) is 0. The number of H-pyrrole nitrogens is 1. The summed E-state index contributed by atoms with van der Waals surface area (Å²) in [4.78, 5) is 20.2. The number of anilines is 1. The molecule has 20 heavy (non-hydrogen) atoms. The molecule has 102 valence electrons. The molecular weight excluding hydrogens is 290 g/mol. The predicted molar refractivity (Wildman–Crippen MR) is 85.4 cm³/mol. The summed E-state index contributed by atoms with van der Waals surface area (Å²) in [5.41, 5.74) is 8.57. The smallest absolute Gasteiger partial charge is 0.268 e. The number of aromatic nitrogens is 2. The molecule has 2 heterocycles. The summed E-state index contributed by atoms with van der Waals surface area (Å²) in [6, 6.07) is 7.81. The number of thiophene rings is 1. The monoisotopic (exact) mass is 303 g/mol. The quantitative estimate of drug-likeness (QED) is 0.576. The molecule has 4 nitrogen and oxygen atoms in total. The average molecular weight is 303 g/mol. The van der Waals surface area contributed by atoms with Crippen molar-refractivity contribution in [1.29, 1.82) is 0 Å². The third-order valence-corrected chi connectivity index (χ3v) is 5.00. The molecule has 3 N–H and O–H groups in total. The molecule has 0 atom stereocenters. The molecule has 0 spiro atoms. The standard InChI is InChI=1S/C14H13N3OS2/c1-8-3-2-4-10(12(8)15)20-7-11-16-9-5-6-19-13(9)14(18)17-11/h2-6H,7,15H2,1H3,(H,16,17,18). The van der Waals surface area contributed by atoms with Crippen molar-refractivity contribution >= 4 is 39.0 Å². The summed E-state index contributed by atoms with van der Waals surface area (Å²) < 4.78 is 0.675. The molecule has 3 aromatic rings. The van der Waals surface area contributed by atoms with Crippen LogP contribution in [0.2, 0.25) is 0 Å². The largest absolute Gasteiger partial charge is 0.398 e. The second-order valence-electron chi connectivity index (χ2n) is 4.42. The van der Waals surface area contributed by atoms with Crippen LogP contribution >= 0.6 is 23.1 Å². The van der Waals surface area contributed by atoms with E-state index in [9.17, 15) is 4.79 Å². The van der Waals surface area contributed by atoms with E-state index in [1.54, 1.807) is 11.8 Å². The molecular formula is C14H13N3OS2. The minimum absolute atomic E-state index is 0.0715. The molecule has 0 radical (unpaired) electrons. The minimum atomic E-state index is -0.0715. The summed E-state index contributed by atoms with van der Waals surface area (Å²) in [6.07, 6.45) is 0. The number of thioether (sulfide) groups is 1. The Balaban J connectivity index is 1.86. The second kappa shape index (κ2) is 5.30. The number of nitrogens with two attached hydrogens (primary N) is 1. The number of hydrogen-bond donors (Lipinski definition) is 2. The zero-order chi connectivity index (χ0) is 14.1. The van der Waals surface area contributed by atoms with Crippen LogP contribution in [-0.4, -0.2) is 9.97 Å². The first kappa shape index (κ1) is 13.2. The van der Waals surface area contributed by atoms with Crippen LogP contribution < -0.4 is 11.3 Å². The third-order valence-electron chi connectivity index (χ3n) is 3.01. The number of rotatable bonds is 3. The van der Waals surface area contributed by atoms with Gasteiger partial charge in [0.15, 0.2) is 0 Å². The normalized spacial score (nSPS) is 11.1. The van der Waals surface area contributed by atoms with E-state index in [0.29, 0.717) is 16.3 Å². The van der Waals surface area contributed by atoms with Crippen LogP contribution in [0, 0.1) is 6.92 Å². The predicted octanol–water partition coefficient (Wildman–Crippen LogP) is 3.17. The molecule has 0 unspecified atom stereocenters. The van der Waals surface area contributed by atoms with Crippen molar-refractivity contribution < 1.29 is 0 Å². The number of aromatic amines is 1. The molecule has 0 aliphatic heterocycles. The van der Waals surface area contributed by atoms with E-state index in [1.165, 1.54) is 11.3 Å². The van der Waals surface area contributed by atoms with Gasteiger partial charge in [0.05, 0.1) is 11.3 Å². The zero-order valence-electron chi connectivity index (χ0n) is 10.8. The van der Waals surface area contributed by atoms with Crippen LogP contribution in [0.5, 0.6) is 0 Å². The van der Waals surface area contributed by atoms with Crippen LogP contribution in [0.15, 0.2) is 39.3 Å². The van der Waals surface area contributed by atoms with Crippen molar-refractivity contribution in [2.45, 2.75) is 17.6 Å². The van der Waals surface area contributed by atoms with E-state index in [1.807, 2.05) is 36.6 Å². The average Bonchev–Trinajstić information content (AvgIpc) is 2.89. The van der Waals surface area contributed by atoms with Gasteiger partial charge in [-0.25, -0.2) is 4.98 Å². The first-order valence-corrected chi connectivity index (χ1v) is 7.96. The van der Waals surface area contributed by atoms with Crippen LogP contribution in [0.1, 0.15) is 11.4 Å². The number of nitrogens with one attached hydrogen (secondary N) is 1. The fourth-order valence-corrected chi connectivity index (χ4v) is 3.56. The highest BCUT2D eigenvalue weighted by Crippen LogP contribution is 2.29. The van der Waals surface area contributed by atoms with Crippen molar-refractivity contribution in [2.24, 2.45) is 0 Å². The molecule has 0 bridgehead atoms. The van der Waals surface area contributed by atoms with Gasteiger partial charge in [0.2, 0.25) is 0 Å². The van der Waals surface area contributed by atoms with Crippen molar-refractivity contribution in [3.63, 3.8) is 0 Å². The molecule has 0 aliphatic carbocycles. The van der Waals surface area contributed by atoms with E-state index in [-0.39, 0.29) is 5.56 Å². The summed E-state index contributed by atoms with van der Waals surface area (Å²) in [6.45, 7) is 1.98. The van der Waals surface area contributed by atoms with Gasteiger partial charge in [0.25, 0.3) is 5.56 Å². The lowest BCUT2D eigenvalue weighted by molar-refractivity contribution is 1.04. The van der Waals surface area contributed by atoms with E-state index < -0.39 is 0 Å². The Bertz CT molecular complexity index is 823. The van der Waals surface area contributed by atoms with Gasteiger partial charge in [-0.15, -0.1) is 23.1 Å². The van der Waals surface area contributed by atoms with Crippen molar-refractivity contribution in [1.82, 2.24) is 9.97 Å². The highest BCUT2D eigenvalue weighted by molar-refractivity contribution is 7.98. The zero-order valence-corrected chi connectivity index (χ0v) is 12.5. The number of nitrogens with zero attached hydrogens (tertiary/aromatic N) is 1. The number of benzene rings is 1. The van der Waals surface area contributed by atoms with Crippen LogP contribution in [-0.2, 0) is 5.75 Å². The van der Waals surface area contributed by atoms with Crippen molar-refractivity contribution in [2.75, 3.05) is 5.73 Å². The number of hydrogen-bond acceptors (Lipinski definition) is 5. The third kappa shape index (κ3) is 2.44. The molecule has 2 aromatic heterocycles. The maximum atomic E-state index is 11.9. The van der Waals surface area contributed by atoms with E-state index >= 15 is 0 Å². The lowest BCUT2D eigenvalue weighted by atomic mass is 10.2. The topological polar surface area (TPSA) is 71.8 Å². The van der Waals surface area contributed by atoms with Gasteiger partial charge in [-0.05, 0) is 30.0 Å². The number of fused-ring (bicyclic) bond motifs is 1. The van der Waals surface area contributed by atoms with Crippen LogP contribution in [0.4, 0.5) is 5.69 Å².